The lowest BCUT2D eigenvalue weighted by Crippen LogP contribution is -3.14. The molecule has 1 aromatic rings. The molecule has 1 aliphatic heterocycles. The summed E-state index contributed by atoms with van der Waals surface area (Å²) in [5, 5.41) is 3.43. The van der Waals surface area contributed by atoms with Crippen LogP contribution in [0.25, 0.3) is 0 Å². The van der Waals surface area contributed by atoms with Gasteiger partial charge in [0.15, 0.2) is 5.78 Å². The molecule has 5 heteroatoms. The molecule has 2 N–H and O–H groups in total. The molecule has 1 fully saturated rings. The zero-order valence-electron chi connectivity index (χ0n) is 12.3. The van der Waals surface area contributed by atoms with Gasteiger partial charge in [-0.05, 0) is 18.6 Å². The van der Waals surface area contributed by atoms with Crippen molar-refractivity contribution in [1.82, 2.24) is 5.32 Å². The Morgan fingerprint density at radius 1 is 1.29 bits per heavy atom. The summed E-state index contributed by atoms with van der Waals surface area (Å²) >= 11 is 0. The highest BCUT2D eigenvalue weighted by atomic mass is 16.5. The fraction of sp³-hybridized carbons (Fsp3) is 0.562. The second-order valence-electron chi connectivity index (χ2n) is 5.80. The van der Waals surface area contributed by atoms with E-state index in [1.807, 2.05) is 12.1 Å². The van der Waals surface area contributed by atoms with Gasteiger partial charge in [0.1, 0.15) is 18.8 Å². The van der Waals surface area contributed by atoms with E-state index in [0.29, 0.717) is 6.42 Å². The lowest BCUT2D eigenvalue weighted by atomic mass is 9.89. The average molecular weight is 291 g/mol. The van der Waals surface area contributed by atoms with E-state index in [0.717, 1.165) is 57.3 Å². The Morgan fingerprint density at radius 3 is 2.90 bits per heavy atom. The summed E-state index contributed by atoms with van der Waals surface area (Å²) in [6.45, 7) is 5.84. The van der Waals surface area contributed by atoms with Crippen LogP contribution >= 0.6 is 0 Å². The monoisotopic (exact) mass is 291 g/mol. The fourth-order valence-corrected chi connectivity index (χ4v) is 3.05. The molecule has 0 spiro atoms. The largest absolute Gasteiger partial charge is 0.469 e. The number of morpholine rings is 1. The van der Waals surface area contributed by atoms with E-state index < -0.39 is 0 Å². The highest BCUT2D eigenvalue weighted by molar-refractivity contribution is 5.91. The Labute approximate surface area is 124 Å². The van der Waals surface area contributed by atoms with Crippen LogP contribution in [0.3, 0.4) is 0 Å². The topological polar surface area (TPSA) is 55.9 Å². The molecular formula is C16H23N2O3+. The number of furan rings is 1. The fourth-order valence-electron chi connectivity index (χ4n) is 3.05. The highest BCUT2D eigenvalue weighted by Crippen LogP contribution is 2.30. The molecule has 1 aliphatic carbocycles. The first-order valence-corrected chi connectivity index (χ1v) is 7.73. The molecule has 1 unspecified atom stereocenters. The molecule has 2 aliphatic rings. The van der Waals surface area contributed by atoms with Crippen molar-refractivity contribution >= 4 is 5.78 Å². The van der Waals surface area contributed by atoms with Crippen molar-refractivity contribution in [2.24, 2.45) is 0 Å². The van der Waals surface area contributed by atoms with Crippen LogP contribution in [0.2, 0.25) is 0 Å². The maximum absolute atomic E-state index is 11.9. The van der Waals surface area contributed by atoms with E-state index >= 15 is 0 Å². The van der Waals surface area contributed by atoms with Crippen LogP contribution < -0.4 is 10.2 Å². The molecular weight excluding hydrogens is 268 g/mol. The van der Waals surface area contributed by atoms with Crippen molar-refractivity contribution < 1.29 is 18.8 Å². The van der Waals surface area contributed by atoms with Crippen LogP contribution in [0, 0.1) is 0 Å². The van der Waals surface area contributed by atoms with Crippen LogP contribution in [0.4, 0.5) is 0 Å². The van der Waals surface area contributed by atoms with Gasteiger partial charge in [-0.15, -0.1) is 0 Å². The van der Waals surface area contributed by atoms with E-state index in [-0.39, 0.29) is 11.7 Å². The smallest absolute Gasteiger partial charge is 0.158 e. The number of carbonyl (C=O) groups excluding carboxylic acids is 1. The molecule has 1 aromatic heterocycles. The van der Waals surface area contributed by atoms with Crippen molar-refractivity contribution in [1.29, 1.82) is 0 Å². The Morgan fingerprint density at radius 2 is 2.14 bits per heavy atom. The predicted octanol–water partition coefficient (Wildman–Crippen LogP) is 0.115. The first kappa shape index (κ1) is 14.4. The molecule has 0 saturated carbocycles. The van der Waals surface area contributed by atoms with Crippen molar-refractivity contribution in [3.05, 3.63) is 35.9 Å². The van der Waals surface area contributed by atoms with Crippen LogP contribution in [0.15, 0.2) is 34.6 Å². The zero-order valence-corrected chi connectivity index (χ0v) is 12.3. The number of allylic oxidation sites excluding steroid dienone is 2. The number of rotatable bonds is 5. The molecule has 0 aromatic carbocycles. The number of hydrogen-bond acceptors (Lipinski definition) is 4. The van der Waals surface area contributed by atoms with Gasteiger partial charge in [0, 0.05) is 24.1 Å². The molecule has 0 bridgehead atoms. The number of ketones is 1. The third-order valence-corrected chi connectivity index (χ3v) is 4.23. The van der Waals surface area contributed by atoms with Crippen molar-refractivity contribution in [3.8, 4) is 0 Å². The van der Waals surface area contributed by atoms with Gasteiger partial charge in [-0.2, -0.15) is 0 Å². The van der Waals surface area contributed by atoms with E-state index in [2.05, 4.69) is 5.32 Å². The average Bonchev–Trinajstić information content (AvgIpc) is 3.02. The van der Waals surface area contributed by atoms with E-state index in [1.54, 1.807) is 17.2 Å². The molecule has 21 heavy (non-hydrogen) atoms. The first-order valence-electron chi connectivity index (χ1n) is 7.73. The Bertz CT molecular complexity index is 490. The minimum atomic E-state index is 0.177. The molecule has 1 saturated heterocycles. The van der Waals surface area contributed by atoms with Gasteiger partial charge in [0.2, 0.25) is 0 Å². The first-order chi connectivity index (χ1) is 10.3. The lowest BCUT2D eigenvalue weighted by Gasteiger charge is -2.25. The standard InChI is InChI=1S/C16H22N2O3/c19-15-11-13(16-2-1-7-21-16)10-14(12-15)17-3-4-18-5-8-20-9-6-18/h1-2,7,12-13,17H,3-6,8-11H2/p+1. The van der Waals surface area contributed by atoms with Crippen molar-refractivity contribution in [3.63, 3.8) is 0 Å². The number of nitrogens with one attached hydrogen (secondary N) is 2. The van der Waals surface area contributed by atoms with Gasteiger partial charge in [0.05, 0.1) is 32.6 Å². The zero-order chi connectivity index (χ0) is 14.5. The van der Waals surface area contributed by atoms with E-state index in [4.69, 9.17) is 9.15 Å². The lowest BCUT2D eigenvalue weighted by molar-refractivity contribution is -0.906. The Hall–Kier alpha value is -1.59. The minimum Gasteiger partial charge on any atom is -0.469 e. The summed E-state index contributed by atoms with van der Waals surface area (Å²) in [5.41, 5.74) is 1.04. The predicted molar refractivity (Wildman–Crippen MR) is 78.2 cm³/mol. The minimum absolute atomic E-state index is 0.177. The molecule has 0 radical (unpaired) electrons. The SMILES string of the molecule is O=C1C=C(NCC[NH+]2CCOCC2)CC(c2ccco2)C1. The molecule has 3 rings (SSSR count). The van der Waals surface area contributed by atoms with Crippen molar-refractivity contribution in [2.75, 3.05) is 39.4 Å². The summed E-state index contributed by atoms with van der Waals surface area (Å²) in [5.74, 6) is 1.27. The van der Waals surface area contributed by atoms with Gasteiger partial charge in [-0.1, -0.05) is 0 Å². The summed E-state index contributed by atoms with van der Waals surface area (Å²) in [6.07, 6.45) is 4.84. The van der Waals surface area contributed by atoms with E-state index in [1.165, 1.54) is 0 Å². The van der Waals surface area contributed by atoms with Gasteiger partial charge in [-0.3, -0.25) is 4.79 Å². The highest BCUT2D eigenvalue weighted by Gasteiger charge is 2.24. The maximum atomic E-state index is 11.9. The summed E-state index contributed by atoms with van der Waals surface area (Å²) < 4.78 is 10.8. The molecule has 1 atom stereocenters. The van der Waals surface area contributed by atoms with Gasteiger partial charge in [-0.25, -0.2) is 0 Å². The van der Waals surface area contributed by atoms with Crippen LogP contribution in [-0.2, 0) is 9.53 Å². The quantitative estimate of drug-likeness (QED) is 0.809. The summed E-state index contributed by atoms with van der Waals surface area (Å²) in [7, 11) is 0. The third-order valence-electron chi connectivity index (χ3n) is 4.23. The van der Waals surface area contributed by atoms with Crippen molar-refractivity contribution in [2.45, 2.75) is 18.8 Å². The Balaban J connectivity index is 1.49. The van der Waals surface area contributed by atoms with E-state index in [9.17, 15) is 4.79 Å². The van der Waals surface area contributed by atoms with Gasteiger partial charge >= 0.3 is 0 Å². The normalized spacial score (nSPS) is 23.9. The molecule has 114 valence electrons. The van der Waals surface area contributed by atoms with Crippen LogP contribution in [0.5, 0.6) is 0 Å². The number of hydrogen-bond donors (Lipinski definition) is 2. The maximum Gasteiger partial charge on any atom is 0.158 e. The molecule has 0 amide bonds. The summed E-state index contributed by atoms with van der Waals surface area (Å²) in [6, 6.07) is 3.84. The number of carbonyl (C=O) groups is 1. The molecule has 5 nitrogen and oxygen atoms in total. The second-order valence-corrected chi connectivity index (χ2v) is 5.80. The summed E-state index contributed by atoms with van der Waals surface area (Å²) in [4.78, 5) is 13.4. The van der Waals surface area contributed by atoms with Crippen LogP contribution in [-0.4, -0.2) is 45.2 Å². The number of quaternary nitrogens is 1. The molecule has 2 heterocycles. The number of ether oxygens (including phenoxy) is 1. The second kappa shape index (κ2) is 6.91. The van der Waals surface area contributed by atoms with Gasteiger partial charge < -0.3 is 19.4 Å². The van der Waals surface area contributed by atoms with Gasteiger partial charge in [0.25, 0.3) is 0 Å². The van der Waals surface area contributed by atoms with Crippen LogP contribution in [0.1, 0.15) is 24.5 Å². The Kier molecular flexibility index (Phi) is 4.72. The third kappa shape index (κ3) is 3.95.